The van der Waals surface area contributed by atoms with Crippen LogP contribution in [0.2, 0.25) is 0 Å². The van der Waals surface area contributed by atoms with Gasteiger partial charge in [0.2, 0.25) is 5.78 Å². The van der Waals surface area contributed by atoms with E-state index >= 15 is 0 Å². The van der Waals surface area contributed by atoms with Crippen molar-refractivity contribution in [3.05, 3.63) is 107 Å². The van der Waals surface area contributed by atoms with Gasteiger partial charge < -0.3 is 9.30 Å². The number of rotatable bonds is 3. The fraction of sp³-hybridized carbons (Fsp3) is 0.185. The van der Waals surface area contributed by atoms with Crippen molar-refractivity contribution < 1.29 is 14.4 Å². The zero-order chi connectivity index (χ0) is 23.2. The van der Waals surface area contributed by atoms with Gasteiger partial charge in [-0.25, -0.2) is 0 Å². The number of hydrogen-bond acceptors (Lipinski definition) is 5. The van der Waals surface area contributed by atoms with E-state index in [2.05, 4.69) is 9.88 Å². The highest BCUT2D eigenvalue weighted by molar-refractivity contribution is 6.32. The maximum absolute atomic E-state index is 13.8. The molecule has 1 aliphatic heterocycles. The molecule has 0 N–H and O–H groups in total. The Labute approximate surface area is 220 Å². The van der Waals surface area contributed by atoms with E-state index in [0.29, 0.717) is 35.3 Å². The predicted octanol–water partition coefficient (Wildman–Crippen LogP) is 3.91. The molecule has 1 aliphatic carbocycles. The molecule has 6 rings (SSSR count). The van der Waals surface area contributed by atoms with Gasteiger partial charge in [0.25, 0.3) is 5.91 Å². The SMILES string of the molecule is Cl.Cl.O=C1c2ccccc2C(=O)c2c1c(C(=O)N1CCN(Cc3cccnc3)CC1)c1ccccn21. The smallest absolute Gasteiger partial charge is 0.256 e. The number of carbonyl (C=O) groups excluding carboxylic acids is 3. The van der Waals surface area contributed by atoms with Crippen LogP contribution in [0.3, 0.4) is 0 Å². The molecule has 1 amide bonds. The molecule has 0 bridgehead atoms. The van der Waals surface area contributed by atoms with Crippen molar-refractivity contribution in [1.29, 1.82) is 0 Å². The summed E-state index contributed by atoms with van der Waals surface area (Å²) in [5.41, 5.74) is 3.28. The standard InChI is InChI=1S/C27H22N4O3.2ClH/c32-25-19-7-1-2-8-20(19)26(33)24-23(25)22(21-9-3-4-11-31(21)24)27(34)30-14-12-29(13-15-30)17-18-6-5-10-28-16-18;;/h1-11,16H,12-15,17H2;2*1H. The lowest BCUT2D eigenvalue weighted by Gasteiger charge is -2.34. The van der Waals surface area contributed by atoms with Crippen LogP contribution in [-0.2, 0) is 6.54 Å². The van der Waals surface area contributed by atoms with Crippen molar-refractivity contribution in [2.75, 3.05) is 26.2 Å². The number of nitrogens with zero attached hydrogens (tertiary/aromatic N) is 4. The fourth-order valence-electron chi connectivity index (χ4n) is 5.03. The van der Waals surface area contributed by atoms with Crippen LogP contribution in [0.5, 0.6) is 0 Å². The van der Waals surface area contributed by atoms with Crippen LogP contribution in [0.1, 0.15) is 47.9 Å². The van der Waals surface area contributed by atoms with Crippen molar-refractivity contribution in [2.45, 2.75) is 6.54 Å². The lowest BCUT2D eigenvalue weighted by molar-refractivity contribution is 0.0627. The van der Waals surface area contributed by atoms with Gasteiger partial charge in [0, 0.05) is 62.4 Å². The summed E-state index contributed by atoms with van der Waals surface area (Å²) in [6.07, 6.45) is 5.36. The van der Waals surface area contributed by atoms with Gasteiger partial charge in [0.15, 0.2) is 5.78 Å². The Kier molecular flexibility index (Phi) is 7.26. The van der Waals surface area contributed by atoms with Crippen LogP contribution in [0, 0.1) is 0 Å². The minimum absolute atomic E-state index is 0. The van der Waals surface area contributed by atoms with Crippen molar-refractivity contribution in [3.8, 4) is 0 Å². The molecule has 9 heteroatoms. The van der Waals surface area contributed by atoms with Crippen molar-refractivity contribution in [3.63, 3.8) is 0 Å². The van der Waals surface area contributed by atoms with Gasteiger partial charge in [-0.3, -0.25) is 24.3 Å². The maximum Gasteiger partial charge on any atom is 0.256 e. The third kappa shape index (κ3) is 4.09. The molecule has 0 spiro atoms. The minimum Gasteiger partial charge on any atom is -0.336 e. The van der Waals surface area contributed by atoms with Crippen LogP contribution >= 0.6 is 24.8 Å². The molecule has 184 valence electrons. The average Bonchev–Trinajstić information content (AvgIpc) is 3.24. The monoisotopic (exact) mass is 522 g/mol. The fourth-order valence-corrected chi connectivity index (χ4v) is 5.03. The van der Waals surface area contributed by atoms with Gasteiger partial charge in [0.1, 0.15) is 5.69 Å². The second-order valence-corrected chi connectivity index (χ2v) is 8.69. The van der Waals surface area contributed by atoms with Crippen molar-refractivity contribution in [2.24, 2.45) is 0 Å². The summed E-state index contributed by atoms with van der Waals surface area (Å²) in [7, 11) is 0. The van der Waals surface area contributed by atoms with Crippen molar-refractivity contribution in [1.82, 2.24) is 19.2 Å². The van der Waals surface area contributed by atoms with E-state index in [0.717, 1.165) is 25.2 Å². The Morgan fingerprint density at radius 1 is 0.833 bits per heavy atom. The normalized spacial score (nSPS) is 15.1. The Bertz CT molecular complexity index is 1460. The number of amides is 1. The third-order valence-corrected chi connectivity index (χ3v) is 6.70. The Balaban J connectivity index is 0.00000152. The lowest BCUT2D eigenvalue weighted by Crippen LogP contribution is -2.48. The molecule has 1 aromatic carbocycles. The number of piperazine rings is 1. The first-order chi connectivity index (χ1) is 16.6. The summed E-state index contributed by atoms with van der Waals surface area (Å²) in [4.78, 5) is 49.0. The zero-order valence-electron chi connectivity index (χ0n) is 19.3. The van der Waals surface area contributed by atoms with E-state index in [-0.39, 0.29) is 53.5 Å². The number of halogens is 2. The van der Waals surface area contributed by atoms with E-state index in [1.165, 1.54) is 0 Å². The molecule has 0 atom stereocenters. The van der Waals surface area contributed by atoms with E-state index in [1.54, 1.807) is 58.1 Å². The first kappa shape index (κ1) is 25.6. The van der Waals surface area contributed by atoms with Gasteiger partial charge in [-0.05, 0) is 23.8 Å². The van der Waals surface area contributed by atoms with Gasteiger partial charge in [0.05, 0.1) is 16.6 Å². The Morgan fingerprint density at radius 3 is 2.22 bits per heavy atom. The Hall–Kier alpha value is -3.52. The van der Waals surface area contributed by atoms with Crippen LogP contribution in [0.25, 0.3) is 5.52 Å². The van der Waals surface area contributed by atoms with E-state index < -0.39 is 0 Å². The second-order valence-electron chi connectivity index (χ2n) is 8.69. The molecule has 3 aromatic heterocycles. The van der Waals surface area contributed by atoms with E-state index in [1.807, 2.05) is 24.4 Å². The zero-order valence-corrected chi connectivity index (χ0v) is 20.9. The quantitative estimate of drug-likeness (QED) is 0.359. The molecule has 1 fully saturated rings. The summed E-state index contributed by atoms with van der Waals surface area (Å²) in [6, 6.07) is 16.2. The van der Waals surface area contributed by atoms with E-state index in [4.69, 9.17) is 0 Å². The van der Waals surface area contributed by atoms with Crippen LogP contribution in [0.15, 0.2) is 73.2 Å². The molecule has 4 heterocycles. The number of aromatic nitrogens is 2. The number of ketones is 2. The number of fused-ring (bicyclic) bond motifs is 4. The number of pyridine rings is 2. The summed E-state index contributed by atoms with van der Waals surface area (Å²) in [5, 5.41) is 0. The molecule has 7 nitrogen and oxygen atoms in total. The summed E-state index contributed by atoms with van der Waals surface area (Å²) in [5.74, 6) is -0.703. The largest absolute Gasteiger partial charge is 0.336 e. The molecule has 4 aromatic rings. The highest BCUT2D eigenvalue weighted by atomic mass is 35.5. The predicted molar refractivity (Wildman–Crippen MR) is 141 cm³/mol. The Morgan fingerprint density at radius 2 is 1.53 bits per heavy atom. The maximum atomic E-state index is 13.8. The number of carbonyl (C=O) groups is 3. The van der Waals surface area contributed by atoms with E-state index in [9.17, 15) is 14.4 Å². The van der Waals surface area contributed by atoms with Gasteiger partial charge in [-0.1, -0.05) is 36.4 Å². The first-order valence-electron chi connectivity index (χ1n) is 11.4. The molecule has 0 unspecified atom stereocenters. The molecular weight excluding hydrogens is 499 g/mol. The minimum atomic E-state index is -0.271. The van der Waals surface area contributed by atoms with Crippen molar-refractivity contribution >= 4 is 47.8 Å². The molecular formula is C27H24Cl2N4O3. The van der Waals surface area contributed by atoms with Gasteiger partial charge in [-0.15, -0.1) is 24.8 Å². The summed E-state index contributed by atoms with van der Waals surface area (Å²) < 4.78 is 1.69. The third-order valence-electron chi connectivity index (χ3n) is 6.70. The second kappa shape index (κ2) is 10.2. The number of hydrogen-bond donors (Lipinski definition) is 0. The molecule has 36 heavy (non-hydrogen) atoms. The molecule has 2 aliphatic rings. The van der Waals surface area contributed by atoms with Crippen LogP contribution < -0.4 is 0 Å². The topological polar surface area (TPSA) is 75.0 Å². The lowest BCUT2D eigenvalue weighted by atomic mass is 9.86. The molecule has 1 saturated heterocycles. The van der Waals surface area contributed by atoms with Crippen LogP contribution in [0.4, 0.5) is 0 Å². The summed E-state index contributed by atoms with van der Waals surface area (Å²) >= 11 is 0. The highest BCUT2D eigenvalue weighted by Gasteiger charge is 2.39. The average molecular weight is 523 g/mol. The number of benzene rings is 1. The highest BCUT2D eigenvalue weighted by Crippen LogP contribution is 2.34. The van der Waals surface area contributed by atoms with Crippen LogP contribution in [-0.4, -0.2) is 62.8 Å². The van der Waals surface area contributed by atoms with Gasteiger partial charge in [-0.2, -0.15) is 0 Å². The van der Waals surface area contributed by atoms with Gasteiger partial charge >= 0.3 is 0 Å². The summed E-state index contributed by atoms with van der Waals surface area (Å²) in [6.45, 7) is 3.34. The first-order valence-corrected chi connectivity index (χ1v) is 11.4. The molecule has 0 saturated carbocycles. The molecule has 0 radical (unpaired) electrons.